The Labute approximate surface area is 161 Å². The van der Waals surface area contributed by atoms with Crippen molar-refractivity contribution in [2.24, 2.45) is 5.41 Å². The number of thiophene rings is 1. The highest BCUT2D eigenvalue weighted by Crippen LogP contribution is 2.42. The number of ketones is 1. The maximum atomic E-state index is 13.0. The van der Waals surface area contributed by atoms with Crippen molar-refractivity contribution in [1.29, 1.82) is 0 Å². The summed E-state index contributed by atoms with van der Waals surface area (Å²) in [6.07, 6.45) is 5.76. The third-order valence-electron chi connectivity index (χ3n) is 5.78. The molecule has 0 radical (unpaired) electrons. The quantitative estimate of drug-likeness (QED) is 0.531. The van der Waals surface area contributed by atoms with Crippen molar-refractivity contribution in [3.05, 3.63) is 49.7 Å². The first kappa shape index (κ1) is 19.2. The molecular formula is C23H31NOS. The van der Waals surface area contributed by atoms with Gasteiger partial charge in [0.05, 0.1) is 4.88 Å². The second kappa shape index (κ2) is 7.19. The zero-order chi connectivity index (χ0) is 19.1. The van der Waals surface area contributed by atoms with E-state index in [2.05, 4.69) is 32.9 Å². The van der Waals surface area contributed by atoms with E-state index < -0.39 is 0 Å². The Morgan fingerprint density at radius 1 is 1.19 bits per heavy atom. The molecule has 0 bridgehead atoms. The van der Waals surface area contributed by atoms with E-state index >= 15 is 0 Å². The lowest BCUT2D eigenvalue weighted by Crippen LogP contribution is -2.22. The molecule has 0 aliphatic heterocycles. The highest BCUT2D eigenvalue weighted by molar-refractivity contribution is 7.14. The van der Waals surface area contributed by atoms with Crippen molar-refractivity contribution < 1.29 is 4.79 Å². The second-order valence-electron chi connectivity index (χ2n) is 8.57. The van der Waals surface area contributed by atoms with Crippen molar-refractivity contribution >= 4 is 22.8 Å². The van der Waals surface area contributed by atoms with Crippen molar-refractivity contribution in [2.75, 3.05) is 5.73 Å². The molecule has 26 heavy (non-hydrogen) atoms. The molecule has 0 amide bonds. The Kier molecular flexibility index (Phi) is 5.30. The Balaban J connectivity index is 1.80. The van der Waals surface area contributed by atoms with Crippen LogP contribution in [0.5, 0.6) is 0 Å². The number of anilines is 1. The number of nitrogens with two attached hydrogens (primary N) is 1. The standard InChI is InChI=1S/C23H31NOS/c1-6-20-18-13-23(4,5)10-9-17(18)22(26-20)19(25)8-7-16-11-14(2)21(24)15(3)12-16/h11-12H,6-10,13,24H2,1-5H3. The lowest BCUT2D eigenvalue weighted by Gasteiger charge is -2.30. The van der Waals surface area contributed by atoms with Crippen molar-refractivity contribution in [3.63, 3.8) is 0 Å². The van der Waals surface area contributed by atoms with Crippen LogP contribution < -0.4 is 5.73 Å². The molecule has 2 aromatic rings. The summed E-state index contributed by atoms with van der Waals surface area (Å²) in [7, 11) is 0. The molecule has 0 saturated heterocycles. The molecule has 1 aliphatic carbocycles. The zero-order valence-electron chi connectivity index (χ0n) is 16.8. The topological polar surface area (TPSA) is 43.1 Å². The molecule has 0 saturated carbocycles. The van der Waals surface area contributed by atoms with E-state index in [1.54, 1.807) is 11.3 Å². The highest BCUT2D eigenvalue weighted by atomic mass is 32.1. The number of Topliss-reactive ketones (excluding diaryl/α,β-unsaturated/α-hetero) is 1. The predicted molar refractivity (Wildman–Crippen MR) is 112 cm³/mol. The normalized spacial score (nSPS) is 15.7. The van der Waals surface area contributed by atoms with E-state index in [4.69, 9.17) is 5.73 Å². The summed E-state index contributed by atoms with van der Waals surface area (Å²) in [6, 6.07) is 4.25. The molecule has 1 aliphatic rings. The van der Waals surface area contributed by atoms with Crippen molar-refractivity contribution in [3.8, 4) is 0 Å². The number of benzene rings is 1. The number of carbonyl (C=O) groups excluding carboxylic acids is 1. The molecule has 0 atom stereocenters. The number of nitrogen functional groups attached to an aromatic ring is 1. The van der Waals surface area contributed by atoms with Crippen LogP contribution in [0.4, 0.5) is 5.69 Å². The SMILES string of the molecule is CCc1sc(C(=O)CCc2cc(C)c(N)c(C)c2)c2c1CC(C)(C)CC2. The minimum atomic E-state index is 0.317. The minimum Gasteiger partial charge on any atom is -0.398 e. The predicted octanol–water partition coefficient (Wildman–Crippen LogP) is 5.84. The van der Waals surface area contributed by atoms with Gasteiger partial charge in [-0.1, -0.05) is 32.9 Å². The summed E-state index contributed by atoms with van der Waals surface area (Å²) >= 11 is 1.76. The van der Waals surface area contributed by atoms with Crippen LogP contribution in [0, 0.1) is 19.3 Å². The van der Waals surface area contributed by atoms with Gasteiger partial charge in [-0.3, -0.25) is 4.79 Å². The number of aryl methyl sites for hydroxylation is 4. The molecule has 1 aromatic heterocycles. The van der Waals surface area contributed by atoms with Gasteiger partial charge in [0.25, 0.3) is 0 Å². The van der Waals surface area contributed by atoms with Gasteiger partial charge >= 0.3 is 0 Å². The maximum absolute atomic E-state index is 13.0. The molecule has 140 valence electrons. The van der Waals surface area contributed by atoms with Crippen LogP contribution in [-0.4, -0.2) is 5.78 Å². The lowest BCUT2D eigenvalue weighted by molar-refractivity contribution is 0.0985. The molecule has 3 heteroatoms. The molecule has 2 nitrogen and oxygen atoms in total. The molecule has 0 spiro atoms. The summed E-state index contributed by atoms with van der Waals surface area (Å²) in [4.78, 5) is 15.5. The van der Waals surface area contributed by atoms with Crippen molar-refractivity contribution in [1.82, 2.24) is 0 Å². The van der Waals surface area contributed by atoms with Gasteiger partial charge in [-0.2, -0.15) is 0 Å². The largest absolute Gasteiger partial charge is 0.398 e. The molecule has 1 aromatic carbocycles. The molecule has 0 fully saturated rings. The number of fused-ring (bicyclic) bond motifs is 1. The van der Waals surface area contributed by atoms with Crippen LogP contribution in [0.1, 0.15) is 76.0 Å². The second-order valence-corrected chi connectivity index (χ2v) is 9.68. The molecule has 0 unspecified atom stereocenters. The van der Waals surface area contributed by atoms with Gasteiger partial charge in [-0.25, -0.2) is 0 Å². The molecular weight excluding hydrogens is 338 g/mol. The van der Waals surface area contributed by atoms with Gasteiger partial charge in [0.1, 0.15) is 0 Å². The Hall–Kier alpha value is -1.61. The highest BCUT2D eigenvalue weighted by Gasteiger charge is 2.31. The van der Waals surface area contributed by atoms with E-state index in [1.807, 2.05) is 13.8 Å². The van der Waals surface area contributed by atoms with Gasteiger partial charge in [0.15, 0.2) is 5.78 Å². The third kappa shape index (κ3) is 3.73. The number of hydrogen-bond donors (Lipinski definition) is 1. The van der Waals surface area contributed by atoms with E-state index in [1.165, 1.54) is 28.0 Å². The van der Waals surface area contributed by atoms with E-state index in [0.717, 1.165) is 47.4 Å². The first-order chi connectivity index (χ1) is 12.2. The monoisotopic (exact) mass is 369 g/mol. The van der Waals surface area contributed by atoms with Crippen LogP contribution >= 0.6 is 11.3 Å². The van der Waals surface area contributed by atoms with Crippen LogP contribution in [0.2, 0.25) is 0 Å². The fourth-order valence-corrected chi connectivity index (χ4v) is 5.42. The van der Waals surface area contributed by atoms with E-state index in [9.17, 15) is 4.79 Å². The summed E-state index contributed by atoms with van der Waals surface area (Å²) in [5.41, 5.74) is 13.5. The average molecular weight is 370 g/mol. The average Bonchev–Trinajstić information content (AvgIpc) is 2.94. The third-order valence-corrected chi connectivity index (χ3v) is 7.24. The van der Waals surface area contributed by atoms with Crippen molar-refractivity contribution in [2.45, 2.75) is 73.1 Å². The summed E-state index contributed by atoms with van der Waals surface area (Å²) in [6.45, 7) is 11.0. The number of rotatable bonds is 5. The smallest absolute Gasteiger partial charge is 0.173 e. The molecule has 1 heterocycles. The van der Waals surface area contributed by atoms with E-state index in [-0.39, 0.29) is 0 Å². The maximum Gasteiger partial charge on any atom is 0.173 e. The summed E-state index contributed by atoms with van der Waals surface area (Å²) in [5, 5.41) is 0. The fourth-order valence-electron chi connectivity index (χ4n) is 4.14. The van der Waals surface area contributed by atoms with E-state index in [0.29, 0.717) is 17.6 Å². The minimum absolute atomic E-state index is 0.317. The first-order valence-electron chi connectivity index (χ1n) is 9.74. The van der Waals surface area contributed by atoms with Gasteiger partial charge in [-0.05, 0) is 79.2 Å². The summed E-state index contributed by atoms with van der Waals surface area (Å²) in [5.74, 6) is 0.317. The zero-order valence-corrected chi connectivity index (χ0v) is 17.6. The fraction of sp³-hybridized carbons (Fsp3) is 0.522. The first-order valence-corrected chi connectivity index (χ1v) is 10.6. The Bertz CT molecular complexity index is 821. The Morgan fingerprint density at radius 2 is 1.85 bits per heavy atom. The lowest BCUT2D eigenvalue weighted by atomic mass is 9.74. The summed E-state index contributed by atoms with van der Waals surface area (Å²) < 4.78 is 0. The number of carbonyl (C=O) groups is 1. The van der Waals surface area contributed by atoms with Gasteiger partial charge in [-0.15, -0.1) is 11.3 Å². The van der Waals surface area contributed by atoms with Crippen LogP contribution in [0.15, 0.2) is 12.1 Å². The number of hydrogen-bond acceptors (Lipinski definition) is 3. The van der Waals surface area contributed by atoms with Gasteiger partial charge < -0.3 is 5.73 Å². The Morgan fingerprint density at radius 3 is 2.46 bits per heavy atom. The molecule has 2 N–H and O–H groups in total. The van der Waals surface area contributed by atoms with Crippen LogP contribution in [0.25, 0.3) is 0 Å². The van der Waals surface area contributed by atoms with Gasteiger partial charge in [0.2, 0.25) is 0 Å². The van der Waals surface area contributed by atoms with Gasteiger partial charge in [0, 0.05) is 17.0 Å². The van der Waals surface area contributed by atoms with Crippen LogP contribution in [-0.2, 0) is 25.7 Å². The van der Waals surface area contributed by atoms with Crippen LogP contribution in [0.3, 0.4) is 0 Å². The molecule has 3 rings (SSSR count).